The van der Waals surface area contributed by atoms with Crippen molar-refractivity contribution in [3.05, 3.63) is 63.3 Å². The Kier molecular flexibility index (Phi) is 9.18. The average molecular weight is 574 g/mol. The quantitative estimate of drug-likeness (QED) is 0.177. The molecule has 4 rings (SSSR count). The van der Waals surface area contributed by atoms with Gasteiger partial charge in [0.25, 0.3) is 0 Å². The van der Waals surface area contributed by atoms with Gasteiger partial charge < -0.3 is 47.4 Å². The monoisotopic (exact) mass is 573 g/mol. The highest BCUT2D eigenvalue weighted by atomic mass is 35.5. The van der Waals surface area contributed by atoms with Crippen molar-refractivity contribution in [3.63, 3.8) is 0 Å². The van der Waals surface area contributed by atoms with E-state index in [0.29, 0.717) is 0 Å². The van der Waals surface area contributed by atoms with Gasteiger partial charge in [-0.1, -0.05) is 6.07 Å². The van der Waals surface area contributed by atoms with Crippen LogP contribution in [-0.2, 0) is 14.4 Å². The third-order valence-corrected chi connectivity index (χ3v) is 6.22. The third kappa shape index (κ3) is 4.19. The highest BCUT2D eigenvalue weighted by Crippen LogP contribution is 2.51. The fraction of sp³-hybridized carbons (Fsp3) is 0.217. The van der Waals surface area contributed by atoms with Crippen LogP contribution in [0.25, 0.3) is 5.57 Å². The number of allylic oxidation sites excluding steroid dienone is 2. The molecular formula is C23H25Cl2N3O10. The first-order valence-corrected chi connectivity index (χ1v) is 10.3. The van der Waals surface area contributed by atoms with E-state index >= 15 is 0 Å². The molecule has 1 aromatic rings. The topological polar surface area (TPSA) is 251 Å². The van der Waals surface area contributed by atoms with E-state index in [4.69, 9.17) is 5.73 Å². The summed E-state index contributed by atoms with van der Waals surface area (Å²) in [6.45, 7) is 1.37. The summed E-state index contributed by atoms with van der Waals surface area (Å²) in [7, 11) is 1.53. The first kappa shape index (κ1) is 32.1. The number of amides is 2. The van der Waals surface area contributed by atoms with Crippen molar-refractivity contribution in [3.8, 4) is 5.75 Å². The van der Waals surface area contributed by atoms with Crippen LogP contribution in [0.5, 0.6) is 5.75 Å². The molecule has 0 spiro atoms. The summed E-state index contributed by atoms with van der Waals surface area (Å²) in [5.74, 6) is -9.93. The maximum Gasteiger partial charge on any atom is 0.238 e. The minimum absolute atomic E-state index is 0. The zero-order valence-electron chi connectivity index (χ0n) is 19.8. The van der Waals surface area contributed by atoms with Crippen LogP contribution < -0.4 is 16.4 Å². The summed E-state index contributed by atoms with van der Waals surface area (Å²) in [4.78, 5) is 50.1. The summed E-state index contributed by atoms with van der Waals surface area (Å²) in [6, 6.07) is 2.74. The number of fused-ring (bicyclic) bond motifs is 3. The molecule has 2 atom stereocenters. The zero-order chi connectivity index (χ0) is 26.0. The molecule has 11 N–H and O–H groups in total. The van der Waals surface area contributed by atoms with Gasteiger partial charge in [-0.2, -0.15) is 0 Å². The number of aliphatic hydroxyl groups excluding tert-OH is 3. The number of benzene rings is 1. The molecule has 0 aromatic heterocycles. The standard InChI is InChI=1S/C23H21N3O9.2ClH.H2O/c1-7-8-3-4-10(26-12(28)6-25-2)18(30)14(8)19(31)16-13(7)17(29)9-5-11(27)15(22(24)34)20(32)23(9,35)21(16)33;;;/h3-5,15,25,27,29-30,33,35H,6H2,1-2H3,(H2,24,34)(H,26,28);2*1H;1H2. The first-order chi connectivity index (χ1) is 16.4. The number of hydrogen-bond donors (Lipinski definition) is 8. The predicted molar refractivity (Wildman–Crippen MR) is 138 cm³/mol. The second-order valence-corrected chi connectivity index (χ2v) is 8.26. The Labute approximate surface area is 227 Å². The molecule has 1 aromatic carbocycles. The molecule has 3 aliphatic rings. The molecule has 38 heavy (non-hydrogen) atoms. The second-order valence-electron chi connectivity index (χ2n) is 8.26. The highest BCUT2D eigenvalue weighted by Gasteiger charge is 2.59. The number of carbonyl (C=O) groups is 4. The average Bonchev–Trinajstić information content (AvgIpc) is 2.78. The summed E-state index contributed by atoms with van der Waals surface area (Å²) in [5, 5.41) is 59.2. The number of anilines is 1. The Morgan fingerprint density at radius 2 is 1.68 bits per heavy atom. The lowest BCUT2D eigenvalue weighted by molar-refractivity contribution is -0.142. The molecule has 0 saturated carbocycles. The first-order valence-electron chi connectivity index (χ1n) is 10.3. The van der Waals surface area contributed by atoms with Gasteiger partial charge in [-0.15, -0.1) is 24.8 Å². The molecule has 15 heteroatoms. The minimum atomic E-state index is -3.07. The molecule has 0 saturated heterocycles. The van der Waals surface area contributed by atoms with E-state index in [1.165, 1.54) is 26.1 Å². The van der Waals surface area contributed by atoms with Crippen molar-refractivity contribution >= 4 is 59.5 Å². The number of phenolic OH excluding ortho intramolecular Hbond substituents is 1. The fourth-order valence-corrected chi connectivity index (χ4v) is 4.56. The second kappa shape index (κ2) is 10.8. The van der Waals surface area contributed by atoms with Gasteiger partial charge in [-0.25, -0.2) is 0 Å². The molecule has 0 heterocycles. The maximum atomic E-state index is 13.5. The number of nitrogens with two attached hydrogens (primary N) is 1. The number of carbonyl (C=O) groups excluding carboxylic acids is 4. The van der Waals surface area contributed by atoms with Gasteiger partial charge in [0, 0.05) is 11.1 Å². The molecule has 206 valence electrons. The van der Waals surface area contributed by atoms with Gasteiger partial charge in [0.2, 0.25) is 23.2 Å². The molecule has 2 amide bonds. The van der Waals surface area contributed by atoms with E-state index in [0.717, 1.165) is 6.08 Å². The zero-order valence-corrected chi connectivity index (χ0v) is 21.4. The number of aliphatic hydroxyl groups is 4. The normalized spacial score (nSPS) is 21.7. The molecule has 0 fully saturated rings. The number of likely N-dealkylation sites (N-methyl/N-ethyl adjacent to an activating group) is 1. The fourth-order valence-electron chi connectivity index (χ4n) is 4.56. The van der Waals surface area contributed by atoms with Gasteiger partial charge in [0.15, 0.2) is 17.5 Å². The van der Waals surface area contributed by atoms with E-state index in [1.54, 1.807) is 0 Å². The van der Waals surface area contributed by atoms with Gasteiger partial charge in [-0.05, 0) is 37.3 Å². The molecule has 0 aliphatic heterocycles. The van der Waals surface area contributed by atoms with Crippen LogP contribution in [0, 0.1) is 5.92 Å². The lowest BCUT2D eigenvalue weighted by Gasteiger charge is -2.39. The molecule has 0 bridgehead atoms. The van der Waals surface area contributed by atoms with Crippen LogP contribution in [0.2, 0.25) is 0 Å². The van der Waals surface area contributed by atoms with E-state index in [-0.39, 0.29) is 64.8 Å². The maximum absolute atomic E-state index is 13.5. The van der Waals surface area contributed by atoms with Crippen molar-refractivity contribution in [1.82, 2.24) is 5.32 Å². The van der Waals surface area contributed by atoms with Crippen LogP contribution in [0.3, 0.4) is 0 Å². The smallest absolute Gasteiger partial charge is 0.238 e. The van der Waals surface area contributed by atoms with E-state index in [2.05, 4.69) is 10.6 Å². The molecule has 0 radical (unpaired) electrons. The Morgan fingerprint density at radius 1 is 1.08 bits per heavy atom. The number of primary amides is 1. The SMILES string of the molecule is CNCC(=O)Nc1ccc2c(c1O)C(=O)C1=C(O)C3(O)C(=O)C(C(N)=O)C(O)=CC3=C(O)C1=C2C.Cl.Cl.O. The Balaban J connectivity index is 0.00000241. The van der Waals surface area contributed by atoms with E-state index in [1.807, 2.05) is 0 Å². The van der Waals surface area contributed by atoms with Crippen LogP contribution in [0.1, 0.15) is 22.8 Å². The number of nitrogens with one attached hydrogen (secondary N) is 2. The molecule has 2 unspecified atom stereocenters. The van der Waals surface area contributed by atoms with Crippen molar-refractivity contribution in [2.45, 2.75) is 12.5 Å². The summed E-state index contributed by atoms with van der Waals surface area (Å²) >= 11 is 0. The lowest BCUT2D eigenvalue weighted by Crippen LogP contribution is -2.54. The predicted octanol–water partition coefficient (Wildman–Crippen LogP) is 0.0338. The van der Waals surface area contributed by atoms with E-state index in [9.17, 15) is 44.7 Å². The third-order valence-electron chi connectivity index (χ3n) is 6.22. The van der Waals surface area contributed by atoms with Gasteiger partial charge in [0.1, 0.15) is 17.3 Å². The Bertz CT molecular complexity index is 1400. The summed E-state index contributed by atoms with van der Waals surface area (Å²) in [5.41, 5.74) is 0.340. The Morgan fingerprint density at radius 3 is 2.24 bits per heavy atom. The molecule has 13 nitrogen and oxygen atoms in total. The number of aromatic hydroxyl groups is 1. The number of Topliss-reactive ketones (excluding diaryl/α,β-unsaturated/α-hetero) is 2. The van der Waals surface area contributed by atoms with Gasteiger partial charge >= 0.3 is 0 Å². The van der Waals surface area contributed by atoms with Crippen molar-refractivity contribution in [1.29, 1.82) is 0 Å². The minimum Gasteiger partial charge on any atom is -0.511 e. The largest absolute Gasteiger partial charge is 0.511 e. The highest BCUT2D eigenvalue weighted by molar-refractivity contribution is 6.23. The van der Waals surface area contributed by atoms with Crippen molar-refractivity contribution in [2.75, 3.05) is 18.9 Å². The summed E-state index contributed by atoms with van der Waals surface area (Å²) < 4.78 is 0. The van der Waals surface area contributed by atoms with Crippen LogP contribution in [0.15, 0.2) is 52.2 Å². The number of ketones is 2. The van der Waals surface area contributed by atoms with Crippen LogP contribution >= 0.6 is 24.8 Å². The number of rotatable bonds is 4. The van der Waals surface area contributed by atoms with Crippen molar-refractivity contribution in [2.24, 2.45) is 11.7 Å². The van der Waals surface area contributed by atoms with Crippen LogP contribution in [-0.4, -0.2) is 73.6 Å². The van der Waals surface area contributed by atoms with Gasteiger partial charge in [0.05, 0.1) is 23.4 Å². The van der Waals surface area contributed by atoms with E-state index < -0.39 is 69.1 Å². The summed E-state index contributed by atoms with van der Waals surface area (Å²) in [6.07, 6.45) is 0.733. The van der Waals surface area contributed by atoms with Crippen LogP contribution in [0.4, 0.5) is 5.69 Å². The molecular weight excluding hydrogens is 549 g/mol. The number of phenols is 1. The van der Waals surface area contributed by atoms with Gasteiger partial charge in [-0.3, -0.25) is 19.2 Å². The number of halogens is 2. The lowest BCUT2D eigenvalue weighted by atomic mass is 9.66. The molecule has 3 aliphatic carbocycles. The van der Waals surface area contributed by atoms with Crippen molar-refractivity contribution < 1.29 is 50.2 Å². The number of hydrogen-bond acceptors (Lipinski definition) is 10. The Hall–Kier alpha value is -3.88.